The summed E-state index contributed by atoms with van der Waals surface area (Å²) in [5, 5.41) is 2.21. The molecule has 0 aliphatic heterocycles. The lowest BCUT2D eigenvalue weighted by atomic mass is 10.4. The molecule has 1 amide bonds. The molecule has 1 heterocycles. The van der Waals surface area contributed by atoms with E-state index in [1.54, 1.807) is 0 Å². The number of amides is 1. The van der Waals surface area contributed by atoms with Crippen LogP contribution in [-0.4, -0.2) is 28.6 Å². The Bertz CT molecular complexity index is 426. The van der Waals surface area contributed by atoms with Crippen molar-refractivity contribution < 1.29 is 14.3 Å². The molecular weight excluding hydrogens is 202 g/mol. The summed E-state index contributed by atoms with van der Waals surface area (Å²) in [5.41, 5.74) is -0.873. The van der Waals surface area contributed by atoms with Crippen LogP contribution in [0.5, 0.6) is 0 Å². The molecule has 0 unspecified atom stereocenters. The molecule has 1 aromatic rings. The van der Waals surface area contributed by atoms with E-state index in [1.807, 2.05) is 0 Å². The summed E-state index contributed by atoms with van der Waals surface area (Å²) >= 11 is 0. The molecule has 0 spiro atoms. The highest BCUT2D eigenvalue weighted by Gasteiger charge is 2.10. The third kappa shape index (κ3) is 3.22. The first-order chi connectivity index (χ1) is 7.11. The number of esters is 1. The molecule has 0 fully saturated rings. The summed E-state index contributed by atoms with van der Waals surface area (Å²) in [6, 6.07) is 0. The van der Waals surface area contributed by atoms with E-state index >= 15 is 0 Å². The van der Waals surface area contributed by atoms with Crippen molar-refractivity contribution in [3.8, 4) is 0 Å². The zero-order valence-electron chi connectivity index (χ0n) is 7.94. The average molecular weight is 211 g/mol. The molecule has 0 aliphatic rings. The molecule has 0 saturated heterocycles. The van der Waals surface area contributed by atoms with Crippen molar-refractivity contribution in [1.82, 2.24) is 15.3 Å². The molecule has 0 radical (unpaired) electrons. The largest absolute Gasteiger partial charge is 0.445 e. The first-order valence-corrected chi connectivity index (χ1v) is 4.06. The molecule has 0 aromatic carbocycles. The quantitative estimate of drug-likeness (QED) is 0.494. The van der Waals surface area contributed by atoms with Gasteiger partial charge < -0.3 is 15.0 Å². The number of carbonyl (C=O) groups is 2. The van der Waals surface area contributed by atoms with E-state index in [9.17, 15) is 14.4 Å². The van der Waals surface area contributed by atoms with Crippen LogP contribution in [0.3, 0.4) is 0 Å². The fraction of sp³-hybridized carbons (Fsp3) is 0.250. The van der Waals surface area contributed by atoms with Gasteiger partial charge in [-0.3, -0.25) is 14.4 Å². The van der Waals surface area contributed by atoms with Gasteiger partial charge in [0.05, 0.1) is 0 Å². The van der Waals surface area contributed by atoms with Gasteiger partial charge in [-0.15, -0.1) is 0 Å². The molecule has 80 valence electrons. The molecule has 15 heavy (non-hydrogen) atoms. The van der Waals surface area contributed by atoms with Crippen LogP contribution in [-0.2, 0) is 9.53 Å². The molecule has 0 atom stereocenters. The zero-order valence-corrected chi connectivity index (χ0v) is 7.94. The van der Waals surface area contributed by atoms with Crippen LogP contribution in [0.4, 0.5) is 0 Å². The van der Waals surface area contributed by atoms with E-state index in [-0.39, 0.29) is 12.4 Å². The van der Waals surface area contributed by atoms with Gasteiger partial charge in [0, 0.05) is 19.3 Å². The van der Waals surface area contributed by atoms with Gasteiger partial charge in [0.15, 0.2) is 12.4 Å². The van der Waals surface area contributed by atoms with Crippen molar-refractivity contribution in [3.05, 3.63) is 28.4 Å². The second kappa shape index (κ2) is 4.89. The first kappa shape index (κ1) is 10.9. The molecule has 1 aromatic heterocycles. The van der Waals surface area contributed by atoms with Crippen LogP contribution in [0.25, 0.3) is 0 Å². The van der Waals surface area contributed by atoms with Gasteiger partial charge in [-0.2, -0.15) is 0 Å². The summed E-state index contributed by atoms with van der Waals surface area (Å²) < 4.78 is 4.46. The van der Waals surface area contributed by atoms with Crippen LogP contribution in [0, 0.1) is 0 Å². The summed E-state index contributed by atoms with van der Waals surface area (Å²) in [6.45, 7) is 0.921. The Kier molecular flexibility index (Phi) is 3.55. The summed E-state index contributed by atoms with van der Waals surface area (Å²) in [6.07, 6.45) is 2.59. The van der Waals surface area contributed by atoms with Gasteiger partial charge in [0.1, 0.15) is 0 Å². The Morgan fingerprint density at radius 3 is 2.93 bits per heavy atom. The Morgan fingerprint density at radius 1 is 1.60 bits per heavy atom. The Balaban J connectivity index is 2.58. The Morgan fingerprint density at radius 2 is 2.33 bits per heavy atom. The van der Waals surface area contributed by atoms with E-state index in [0.29, 0.717) is 0 Å². The third-order valence-corrected chi connectivity index (χ3v) is 1.43. The smallest absolute Gasteiger partial charge is 0.304 e. The predicted molar refractivity (Wildman–Crippen MR) is 49.0 cm³/mol. The highest BCUT2D eigenvalue weighted by Crippen LogP contribution is 1.83. The minimum absolute atomic E-state index is 0.273. The lowest BCUT2D eigenvalue weighted by Crippen LogP contribution is -2.32. The molecule has 0 bridgehead atoms. The van der Waals surface area contributed by atoms with Crippen LogP contribution >= 0.6 is 0 Å². The highest BCUT2D eigenvalue weighted by molar-refractivity contribution is 5.91. The van der Waals surface area contributed by atoms with Crippen LogP contribution in [0.1, 0.15) is 17.4 Å². The van der Waals surface area contributed by atoms with E-state index in [2.05, 4.69) is 20.0 Å². The monoisotopic (exact) mass is 211 g/mol. The van der Waals surface area contributed by atoms with Crippen LogP contribution in [0.2, 0.25) is 0 Å². The fourth-order valence-electron chi connectivity index (χ4n) is 0.800. The van der Waals surface area contributed by atoms with E-state index < -0.39 is 17.4 Å². The lowest BCUT2D eigenvalue weighted by molar-refractivity contribution is -0.141. The average Bonchev–Trinajstić information content (AvgIpc) is 2.17. The van der Waals surface area contributed by atoms with Gasteiger partial charge >= 0.3 is 5.97 Å². The summed E-state index contributed by atoms with van der Waals surface area (Å²) in [4.78, 5) is 38.6. The summed E-state index contributed by atoms with van der Waals surface area (Å²) in [5.74, 6) is -1.22. The molecule has 1 rings (SSSR count). The van der Waals surface area contributed by atoms with Gasteiger partial charge in [-0.25, -0.2) is 4.98 Å². The lowest BCUT2D eigenvalue weighted by Gasteiger charge is -2.03. The van der Waals surface area contributed by atoms with E-state index in [0.717, 1.165) is 0 Å². The number of H-pyrrole nitrogens is 1. The molecular formula is C8H9N3O4. The number of nitrogens with one attached hydrogen (secondary N) is 2. The van der Waals surface area contributed by atoms with E-state index in [1.165, 1.54) is 19.3 Å². The van der Waals surface area contributed by atoms with Gasteiger partial charge in [-0.1, -0.05) is 0 Å². The number of carbonyl (C=O) groups excluding carboxylic acids is 2. The maximum Gasteiger partial charge on any atom is 0.304 e. The highest BCUT2D eigenvalue weighted by atomic mass is 16.5. The minimum Gasteiger partial charge on any atom is -0.445 e. The molecule has 7 nitrogen and oxygen atoms in total. The second-order valence-corrected chi connectivity index (χ2v) is 2.55. The van der Waals surface area contributed by atoms with Crippen molar-refractivity contribution in [2.24, 2.45) is 0 Å². The Labute approximate surface area is 84.5 Å². The van der Waals surface area contributed by atoms with Crippen molar-refractivity contribution in [3.63, 3.8) is 0 Å². The maximum absolute atomic E-state index is 11.3. The number of aromatic amines is 1. The first-order valence-electron chi connectivity index (χ1n) is 4.06. The fourth-order valence-corrected chi connectivity index (χ4v) is 0.800. The van der Waals surface area contributed by atoms with Crippen molar-refractivity contribution in [2.75, 3.05) is 6.73 Å². The van der Waals surface area contributed by atoms with Crippen molar-refractivity contribution in [1.29, 1.82) is 0 Å². The van der Waals surface area contributed by atoms with Gasteiger partial charge in [-0.05, 0) is 0 Å². The van der Waals surface area contributed by atoms with E-state index in [4.69, 9.17) is 0 Å². The molecule has 7 heteroatoms. The number of hydrogen-bond acceptors (Lipinski definition) is 5. The molecule has 2 N–H and O–H groups in total. The van der Waals surface area contributed by atoms with Crippen LogP contribution in [0.15, 0.2) is 17.2 Å². The number of nitrogens with zero attached hydrogens (tertiary/aromatic N) is 1. The normalized spacial score (nSPS) is 9.40. The standard InChI is InChI=1S/C8H9N3O4/c1-5(12)15-4-11-8(14)6-7(13)10-3-2-9-6/h2-3H,4H2,1H3,(H,10,13)(H,11,14). The second-order valence-electron chi connectivity index (χ2n) is 2.55. The number of ether oxygens (including phenoxy) is 1. The number of hydrogen-bond donors (Lipinski definition) is 2. The van der Waals surface area contributed by atoms with Gasteiger partial charge in [0.2, 0.25) is 0 Å². The Hall–Kier alpha value is -2.18. The third-order valence-electron chi connectivity index (χ3n) is 1.43. The number of rotatable bonds is 3. The van der Waals surface area contributed by atoms with Crippen LogP contribution < -0.4 is 10.9 Å². The van der Waals surface area contributed by atoms with Crippen molar-refractivity contribution >= 4 is 11.9 Å². The molecule has 0 saturated carbocycles. The van der Waals surface area contributed by atoms with Crippen molar-refractivity contribution in [2.45, 2.75) is 6.92 Å². The SMILES string of the molecule is CC(=O)OCNC(=O)c1ncc[nH]c1=O. The zero-order chi connectivity index (χ0) is 11.3. The topological polar surface area (TPSA) is 101 Å². The van der Waals surface area contributed by atoms with Gasteiger partial charge in [0.25, 0.3) is 11.5 Å². The minimum atomic E-state index is -0.696. The maximum atomic E-state index is 11.3. The summed E-state index contributed by atoms with van der Waals surface area (Å²) in [7, 11) is 0. The predicted octanol–water partition coefficient (Wildman–Crippen LogP) is -0.980. The number of aromatic nitrogens is 2. The molecule has 0 aliphatic carbocycles.